The second kappa shape index (κ2) is 11.0. The molecule has 0 aliphatic heterocycles. The van der Waals surface area contributed by atoms with E-state index in [-0.39, 0.29) is 0 Å². The average molecular weight is 243 g/mol. The molecule has 0 saturated heterocycles. The van der Waals surface area contributed by atoms with Gasteiger partial charge >= 0.3 is 0 Å². The van der Waals surface area contributed by atoms with Crippen LogP contribution in [-0.2, 0) is 0 Å². The maximum absolute atomic E-state index is 6.09. The van der Waals surface area contributed by atoms with Gasteiger partial charge in [0.05, 0.1) is 0 Å². The predicted octanol–water partition coefficient (Wildman–Crippen LogP) is 2.17. The molecule has 0 radical (unpaired) electrons. The highest BCUT2D eigenvalue weighted by Gasteiger charge is 2.08. The lowest BCUT2D eigenvalue weighted by molar-refractivity contribution is 0.231. The first kappa shape index (κ1) is 16.9. The van der Waals surface area contributed by atoms with E-state index < -0.39 is 0 Å². The molecule has 0 amide bonds. The van der Waals surface area contributed by atoms with Crippen molar-refractivity contribution in [2.24, 2.45) is 5.73 Å². The topological polar surface area (TPSA) is 32.5 Å². The van der Waals surface area contributed by atoms with Crippen LogP contribution in [0.4, 0.5) is 0 Å². The van der Waals surface area contributed by atoms with Gasteiger partial charge in [-0.15, -0.1) is 0 Å². The van der Waals surface area contributed by atoms with Crippen LogP contribution in [-0.4, -0.2) is 55.1 Å². The summed E-state index contributed by atoms with van der Waals surface area (Å²) in [6.07, 6.45) is 3.60. The summed E-state index contributed by atoms with van der Waals surface area (Å²) in [6.45, 7) is 15.8. The van der Waals surface area contributed by atoms with Gasteiger partial charge in [0.15, 0.2) is 0 Å². The van der Waals surface area contributed by atoms with E-state index in [1.807, 2.05) is 0 Å². The van der Waals surface area contributed by atoms with Crippen molar-refractivity contribution >= 4 is 0 Å². The van der Waals surface area contributed by atoms with Crippen LogP contribution in [0.5, 0.6) is 0 Å². The van der Waals surface area contributed by atoms with Crippen molar-refractivity contribution in [1.82, 2.24) is 9.80 Å². The molecule has 104 valence electrons. The van der Waals surface area contributed by atoms with Gasteiger partial charge in [0, 0.05) is 12.6 Å². The summed E-state index contributed by atoms with van der Waals surface area (Å²) in [5.41, 5.74) is 6.09. The molecule has 0 aromatic carbocycles. The highest BCUT2D eigenvalue weighted by atomic mass is 15.1. The molecule has 0 aliphatic rings. The van der Waals surface area contributed by atoms with Gasteiger partial charge in [-0.25, -0.2) is 0 Å². The van der Waals surface area contributed by atoms with Crippen LogP contribution in [0.3, 0.4) is 0 Å². The number of hydrogen-bond donors (Lipinski definition) is 1. The van der Waals surface area contributed by atoms with Gasteiger partial charge in [0.25, 0.3) is 0 Å². The van der Waals surface area contributed by atoms with Crippen LogP contribution in [0.2, 0.25) is 0 Å². The summed E-state index contributed by atoms with van der Waals surface area (Å²) in [5.74, 6) is 0. The minimum atomic E-state index is 0.355. The molecular formula is C14H33N3. The fraction of sp³-hybridized carbons (Fsp3) is 1.00. The first-order valence-electron chi connectivity index (χ1n) is 7.38. The summed E-state index contributed by atoms with van der Waals surface area (Å²) < 4.78 is 0. The molecule has 3 nitrogen and oxygen atoms in total. The Morgan fingerprint density at radius 1 is 0.882 bits per heavy atom. The average Bonchev–Trinajstić information content (AvgIpc) is 2.33. The van der Waals surface area contributed by atoms with E-state index in [1.165, 1.54) is 25.9 Å². The Kier molecular flexibility index (Phi) is 10.9. The van der Waals surface area contributed by atoms with Crippen molar-refractivity contribution in [3.63, 3.8) is 0 Å². The van der Waals surface area contributed by atoms with Crippen LogP contribution >= 0.6 is 0 Å². The van der Waals surface area contributed by atoms with Crippen molar-refractivity contribution in [1.29, 1.82) is 0 Å². The lowest BCUT2D eigenvalue weighted by Gasteiger charge is -2.25. The number of nitrogens with two attached hydrogens (primary N) is 1. The second-order valence-electron chi connectivity index (χ2n) is 4.82. The van der Waals surface area contributed by atoms with Gasteiger partial charge in [-0.3, -0.25) is 0 Å². The van der Waals surface area contributed by atoms with E-state index in [9.17, 15) is 0 Å². The molecule has 0 aromatic rings. The van der Waals surface area contributed by atoms with Crippen molar-refractivity contribution < 1.29 is 0 Å². The zero-order valence-corrected chi connectivity index (χ0v) is 12.4. The lowest BCUT2D eigenvalue weighted by atomic mass is 10.1. The van der Waals surface area contributed by atoms with Crippen LogP contribution in [0, 0.1) is 0 Å². The van der Waals surface area contributed by atoms with Crippen molar-refractivity contribution in [2.75, 3.05) is 39.3 Å². The quantitative estimate of drug-likeness (QED) is 0.603. The van der Waals surface area contributed by atoms with Gasteiger partial charge < -0.3 is 15.5 Å². The number of rotatable bonds is 11. The summed E-state index contributed by atoms with van der Waals surface area (Å²) >= 11 is 0. The van der Waals surface area contributed by atoms with Crippen LogP contribution in [0.25, 0.3) is 0 Å². The molecule has 0 rings (SSSR count). The molecule has 0 fully saturated rings. The maximum atomic E-state index is 6.09. The third-order valence-corrected chi connectivity index (χ3v) is 3.44. The van der Waals surface area contributed by atoms with E-state index in [4.69, 9.17) is 5.73 Å². The van der Waals surface area contributed by atoms with Crippen LogP contribution in [0.15, 0.2) is 0 Å². The smallest absolute Gasteiger partial charge is 0.0167 e. The zero-order valence-electron chi connectivity index (χ0n) is 12.4. The van der Waals surface area contributed by atoms with Gasteiger partial charge in [-0.2, -0.15) is 0 Å². The molecule has 0 heterocycles. The SMILES string of the molecule is CCCC(N)CN(CC)CCCN(CC)CC. The largest absolute Gasteiger partial charge is 0.327 e. The molecule has 1 atom stereocenters. The minimum absolute atomic E-state index is 0.355. The minimum Gasteiger partial charge on any atom is -0.327 e. The number of nitrogens with zero attached hydrogens (tertiary/aromatic N) is 2. The van der Waals surface area contributed by atoms with Gasteiger partial charge in [-0.1, -0.05) is 34.1 Å². The van der Waals surface area contributed by atoms with E-state index in [2.05, 4.69) is 37.5 Å². The first-order valence-corrected chi connectivity index (χ1v) is 7.38. The Hall–Kier alpha value is -0.120. The molecule has 0 bridgehead atoms. The normalized spacial score (nSPS) is 13.6. The Balaban J connectivity index is 3.73. The summed E-state index contributed by atoms with van der Waals surface area (Å²) in [4.78, 5) is 4.98. The molecule has 0 aliphatic carbocycles. The fourth-order valence-electron chi connectivity index (χ4n) is 2.23. The number of hydrogen-bond acceptors (Lipinski definition) is 3. The standard InChI is InChI=1S/C14H33N3/c1-5-10-14(15)13-17(8-4)12-9-11-16(6-2)7-3/h14H,5-13,15H2,1-4H3. The van der Waals surface area contributed by atoms with Gasteiger partial charge in [0.2, 0.25) is 0 Å². The fourth-order valence-corrected chi connectivity index (χ4v) is 2.23. The predicted molar refractivity (Wildman–Crippen MR) is 77.4 cm³/mol. The molecule has 0 aromatic heterocycles. The highest BCUT2D eigenvalue weighted by molar-refractivity contribution is 4.67. The molecule has 2 N–H and O–H groups in total. The monoisotopic (exact) mass is 243 g/mol. The molecular weight excluding hydrogens is 210 g/mol. The van der Waals surface area contributed by atoms with E-state index in [0.717, 1.165) is 32.6 Å². The van der Waals surface area contributed by atoms with E-state index >= 15 is 0 Å². The Bertz CT molecular complexity index is 158. The van der Waals surface area contributed by atoms with Crippen molar-refractivity contribution in [3.05, 3.63) is 0 Å². The third-order valence-electron chi connectivity index (χ3n) is 3.44. The van der Waals surface area contributed by atoms with Crippen LogP contribution < -0.4 is 5.73 Å². The third kappa shape index (κ3) is 8.58. The zero-order chi connectivity index (χ0) is 13.1. The van der Waals surface area contributed by atoms with Gasteiger partial charge in [0.1, 0.15) is 0 Å². The summed E-state index contributed by atoms with van der Waals surface area (Å²) in [5, 5.41) is 0. The second-order valence-corrected chi connectivity index (χ2v) is 4.82. The number of likely N-dealkylation sites (N-methyl/N-ethyl adjacent to an activating group) is 1. The van der Waals surface area contributed by atoms with E-state index in [0.29, 0.717) is 6.04 Å². The summed E-state index contributed by atoms with van der Waals surface area (Å²) in [6, 6.07) is 0.355. The molecule has 1 unspecified atom stereocenters. The van der Waals surface area contributed by atoms with Crippen LogP contribution in [0.1, 0.15) is 47.0 Å². The van der Waals surface area contributed by atoms with Gasteiger partial charge in [-0.05, 0) is 45.6 Å². The molecule has 3 heteroatoms. The highest BCUT2D eigenvalue weighted by Crippen LogP contribution is 2.00. The Labute approximate surface area is 108 Å². The van der Waals surface area contributed by atoms with E-state index in [1.54, 1.807) is 0 Å². The lowest BCUT2D eigenvalue weighted by Crippen LogP contribution is -2.38. The molecule has 17 heavy (non-hydrogen) atoms. The van der Waals surface area contributed by atoms with Crippen molar-refractivity contribution in [2.45, 2.75) is 53.0 Å². The maximum Gasteiger partial charge on any atom is 0.0167 e. The summed E-state index contributed by atoms with van der Waals surface area (Å²) in [7, 11) is 0. The molecule has 0 spiro atoms. The first-order chi connectivity index (χ1) is 8.17. The molecule has 0 saturated carbocycles. The Morgan fingerprint density at radius 2 is 1.41 bits per heavy atom. The van der Waals surface area contributed by atoms with Crippen molar-refractivity contribution in [3.8, 4) is 0 Å². The Morgan fingerprint density at radius 3 is 1.88 bits per heavy atom.